The van der Waals surface area contributed by atoms with Gasteiger partial charge in [-0.15, -0.1) is 0 Å². The highest BCUT2D eigenvalue weighted by Crippen LogP contribution is 2.30. The molecule has 1 aromatic heterocycles. The van der Waals surface area contributed by atoms with E-state index in [-0.39, 0.29) is 22.2 Å². The van der Waals surface area contributed by atoms with E-state index in [9.17, 15) is 31.7 Å². The quantitative estimate of drug-likeness (QED) is 0.383. The standard InChI is InChI=1S/C18H14F4N2O2.C5H11NOS/c19-15(20)8-10-2-1-3-12(6-10)24-14-5-4-11(9-25)7-13(14)16(23-24)17(26)18(21)22;1-5(6-2)3-8(7)4-5/h1-7,9,15,17-18,26H,8H2;6H,3-4H2,1-2H3. The second kappa shape index (κ2) is 10.7. The van der Waals surface area contributed by atoms with Crippen molar-refractivity contribution in [3.8, 4) is 5.69 Å². The summed E-state index contributed by atoms with van der Waals surface area (Å²) in [5, 5.41) is 17.2. The van der Waals surface area contributed by atoms with Crippen LogP contribution in [-0.2, 0) is 17.2 Å². The van der Waals surface area contributed by atoms with Crippen LogP contribution in [0.15, 0.2) is 42.5 Å². The molecule has 34 heavy (non-hydrogen) atoms. The predicted molar refractivity (Wildman–Crippen MR) is 122 cm³/mol. The average Bonchev–Trinajstić information content (AvgIpc) is 3.16. The van der Waals surface area contributed by atoms with Crippen molar-refractivity contribution in [3.05, 3.63) is 59.3 Å². The maximum absolute atomic E-state index is 13.0. The molecule has 1 aliphatic rings. The van der Waals surface area contributed by atoms with Gasteiger partial charge in [0.1, 0.15) is 12.0 Å². The largest absolute Gasteiger partial charge is 0.381 e. The molecule has 2 heterocycles. The van der Waals surface area contributed by atoms with Gasteiger partial charge in [0.25, 0.3) is 6.43 Å². The first-order valence-electron chi connectivity index (χ1n) is 10.4. The van der Waals surface area contributed by atoms with Crippen LogP contribution in [0.2, 0.25) is 0 Å². The van der Waals surface area contributed by atoms with Crippen LogP contribution in [0.25, 0.3) is 16.6 Å². The molecule has 1 saturated heterocycles. The molecule has 0 aliphatic carbocycles. The molecule has 0 saturated carbocycles. The lowest BCUT2D eigenvalue weighted by Gasteiger charge is -2.36. The Bertz CT molecular complexity index is 1180. The third-order valence-electron chi connectivity index (χ3n) is 5.50. The molecule has 4 rings (SSSR count). The zero-order chi connectivity index (χ0) is 25.0. The summed E-state index contributed by atoms with van der Waals surface area (Å²) in [7, 11) is 1.39. The molecule has 3 aromatic rings. The van der Waals surface area contributed by atoms with Crippen molar-refractivity contribution >= 4 is 28.0 Å². The normalized spacial score (nSPS) is 20.7. The van der Waals surface area contributed by atoms with Crippen molar-refractivity contribution < 1.29 is 31.7 Å². The number of aliphatic hydroxyl groups excluding tert-OH is 1. The number of nitrogens with one attached hydrogen (secondary N) is 1. The Morgan fingerprint density at radius 1 is 1.21 bits per heavy atom. The summed E-state index contributed by atoms with van der Waals surface area (Å²) in [5.74, 6) is 1.65. The van der Waals surface area contributed by atoms with E-state index >= 15 is 0 Å². The van der Waals surface area contributed by atoms with Gasteiger partial charge in [0.2, 0.25) is 6.43 Å². The van der Waals surface area contributed by atoms with Crippen molar-refractivity contribution in [2.45, 2.75) is 37.8 Å². The lowest BCUT2D eigenvalue weighted by atomic mass is 10.1. The fourth-order valence-electron chi connectivity index (χ4n) is 3.57. The predicted octanol–water partition coefficient (Wildman–Crippen LogP) is 3.67. The van der Waals surface area contributed by atoms with Gasteiger partial charge in [-0.3, -0.25) is 9.00 Å². The lowest BCUT2D eigenvalue weighted by molar-refractivity contribution is -0.00760. The summed E-state index contributed by atoms with van der Waals surface area (Å²) in [4.78, 5) is 11.0. The van der Waals surface area contributed by atoms with Crippen LogP contribution in [0.4, 0.5) is 17.6 Å². The molecule has 1 unspecified atom stereocenters. The van der Waals surface area contributed by atoms with Crippen LogP contribution in [-0.4, -0.2) is 62.3 Å². The number of aromatic nitrogens is 2. The minimum atomic E-state index is -3.06. The summed E-state index contributed by atoms with van der Waals surface area (Å²) in [6.45, 7) is 2.09. The molecule has 2 aromatic carbocycles. The first-order valence-corrected chi connectivity index (χ1v) is 11.9. The van der Waals surface area contributed by atoms with Gasteiger partial charge in [0.05, 0.1) is 11.2 Å². The van der Waals surface area contributed by atoms with Gasteiger partial charge in [-0.25, -0.2) is 22.2 Å². The van der Waals surface area contributed by atoms with E-state index in [1.807, 2.05) is 7.05 Å². The number of alkyl halides is 4. The van der Waals surface area contributed by atoms with E-state index in [1.54, 1.807) is 12.1 Å². The molecule has 0 radical (unpaired) electrons. The summed E-state index contributed by atoms with van der Waals surface area (Å²) in [6.07, 6.45) is -7.62. The van der Waals surface area contributed by atoms with E-state index in [1.165, 1.54) is 35.0 Å². The molecule has 184 valence electrons. The molecular weight excluding hydrogens is 474 g/mol. The van der Waals surface area contributed by atoms with Crippen molar-refractivity contribution in [1.82, 2.24) is 15.1 Å². The minimum absolute atomic E-state index is 0.185. The SMILES string of the molecule is CNC1(C)CS(=O)C1.O=Cc1ccc2c(c1)c(C(O)C(F)F)nn2-c1cccc(CC(F)F)c1. The van der Waals surface area contributed by atoms with Crippen molar-refractivity contribution in [3.63, 3.8) is 0 Å². The number of benzene rings is 2. The monoisotopic (exact) mass is 499 g/mol. The van der Waals surface area contributed by atoms with Crippen molar-refractivity contribution in [2.24, 2.45) is 0 Å². The third-order valence-corrected chi connectivity index (χ3v) is 7.41. The van der Waals surface area contributed by atoms with Crippen LogP contribution in [0.5, 0.6) is 0 Å². The molecule has 1 aliphatic heterocycles. The number of rotatable bonds is 7. The zero-order valence-corrected chi connectivity index (χ0v) is 19.4. The van der Waals surface area contributed by atoms with E-state index < -0.39 is 36.2 Å². The van der Waals surface area contributed by atoms with Crippen LogP contribution in [0.3, 0.4) is 0 Å². The Labute approximate surface area is 196 Å². The Kier molecular flexibility index (Phi) is 8.21. The Balaban J connectivity index is 0.000000343. The third kappa shape index (κ3) is 5.89. The molecule has 6 nitrogen and oxygen atoms in total. The lowest BCUT2D eigenvalue weighted by Crippen LogP contribution is -2.58. The van der Waals surface area contributed by atoms with Crippen molar-refractivity contribution in [1.29, 1.82) is 0 Å². The number of nitrogens with zero attached hydrogens (tertiary/aromatic N) is 2. The zero-order valence-electron chi connectivity index (χ0n) is 18.6. The van der Waals surface area contributed by atoms with Gasteiger partial charge in [-0.05, 0) is 49.9 Å². The number of hydrogen-bond donors (Lipinski definition) is 2. The fourth-order valence-corrected chi connectivity index (χ4v) is 5.20. The van der Waals surface area contributed by atoms with Crippen LogP contribution in [0, 0.1) is 0 Å². The number of aliphatic hydroxyl groups is 1. The van der Waals surface area contributed by atoms with Crippen LogP contribution < -0.4 is 5.32 Å². The molecular formula is C23H25F4N3O3S. The number of halogens is 4. The molecule has 1 fully saturated rings. The second-order valence-electron chi connectivity index (χ2n) is 8.28. The topological polar surface area (TPSA) is 84.2 Å². The van der Waals surface area contributed by atoms with E-state index in [2.05, 4.69) is 17.3 Å². The van der Waals surface area contributed by atoms with Crippen LogP contribution in [0.1, 0.15) is 34.6 Å². The van der Waals surface area contributed by atoms with Gasteiger partial charge in [0, 0.05) is 45.2 Å². The summed E-state index contributed by atoms with van der Waals surface area (Å²) >= 11 is 0. The smallest absolute Gasteiger partial charge is 0.269 e. The Hall–Kier alpha value is -2.63. The highest BCUT2D eigenvalue weighted by molar-refractivity contribution is 7.86. The maximum atomic E-state index is 13.0. The highest BCUT2D eigenvalue weighted by Gasteiger charge is 2.36. The van der Waals surface area contributed by atoms with Gasteiger partial charge in [-0.2, -0.15) is 5.10 Å². The summed E-state index contributed by atoms with van der Waals surface area (Å²) in [5.41, 5.74) is 1.27. The van der Waals surface area contributed by atoms with E-state index in [0.29, 0.717) is 23.1 Å². The van der Waals surface area contributed by atoms with Gasteiger partial charge in [-0.1, -0.05) is 12.1 Å². The first kappa shape index (κ1) is 26.0. The Morgan fingerprint density at radius 2 is 1.91 bits per heavy atom. The molecule has 1 atom stereocenters. The summed E-state index contributed by atoms with van der Waals surface area (Å²) in [6, 6.07) is 10.5. The number of fused-ring (bicyclic) bond motifs is 1. The number of hydrogen-bond acceptors (Lipinski definition) is 5. The summed E-state index contributed by atoms with van der Waals surface area (Å²) < 4.78 is 63.1. The molecule has 0 amide bonds. The highest BCUT2D eigenvalue weighted by atomic mass is 32.2. The number of aldehydes is 1. The van der Waals surface area contributed by atoms with E-state index in [0.717, 1.165) is 11.5 Å². The molecule has 0 spiro atoms. The first-order chi connectivity index (χ1) is 16.1. The maximum Gasteiger partial charge on any atom is 0.269 e. The van der Waals surface area contributed by atoms with Crippen molar-refractivity contribution in [2.75, 3.05) is 18.6 Å². The molecule has 11 heteroatoms. The van der Waals surface area contributed by atoms with E-state index in [4.69, 9.17) is 0 Å². The van der Waals surface area contributed by atoms with Gasteiger partial charge in [0.15, 0.2) is 6.10 Å². The van der Waals surface area contributed by atoms with Crippen LogP contribution >= 0.6 is 0 Å². The molecule has 2 N–H and O–H groups in total. The Morgan fingerprint density at radius 3 is 2.44 bits per heavy atom. The second-order valence-corrected chi connectivity index (χ2v) is 9.73. The molecule has 0 bridgehead atoms. The van der Waals surface area contributed by atoms with Gasteiger partial charge < -0.3 is 10.4 Å². The average molecular weight is 500 g/mol. The number of carbonyl (C=O) groups is 1. The number of carbonyl (C=O) groups excluding carboxylic acids is 1. The van der Waals surface area contributed by atoms with Gasteiger partial charge >= 0.3 is 0 Å². The minimum Gasteiger partial charge on any atom is -0.381 e. The fraction of sp³-hybridized carbons (Fsp3) is 0.391.